The number of amides is 1. The largest absolute Gasteiger partial charge is 0.495 e. The van der Waals surface area contributed by atoms with Gasteiger partial charge in [-0.2, -0.15) is 0 Å². The van der Waals surface area contributed by atoms with Crippen LogP contribution in [0.1, 0.15) is 30.1 Å². The number of nitrogens with one attached hydrogen (secondary N) is 1. The van der Waals surface area contributed by atoms with Gasteiger partial charge in [0.2, 0.25) is 0 Å². The van der Waals surface area contributed by atoms with Crippen LogP contribution < -0.4 is 10.1 Å². The number of carbonyl (C=O) groups is 1. The predicted molar refractivity (Wildman–Crippen MR) is 71.1 cm³/mol. The van der Waals surface area contributed by atoms with E-state index in [1.807, 2.05) is 6.92 Å². The summed E-state index contributed by atoms with van der Waals surface area (Å²) in [6.07, 6.45) is 1.85. The van der Waals surface area contributed by atoms with Crippen LogP contribution >= 0.6 is 10.7 Å². The third-order valence-electron chi connectivity index (χ3n) is 3.10. The van der Waals surface area contributed by atoms with Crippen LogP contribution in [0.2, 0.25) is 0 Å². The lowest BCUT2D eigenvalue weighted by atomic mass is 10.2. The molecule has 19 heavy (non-hydrogen) atoms. The van der Waals surface area contributed by atoms with Crippen LogP contribution in [-0.2, 0) is 9.05 Å². The molecule has 0 aliphatic heterocycles. The van der Waals surface area contributed by atoms with Gasteiger partial charge in [0.1, 0.15) is 10.6 Å². The van der Waals surface area contributed by atoms with Crippen LogP contribution in [0.4, 0.5) is 0 Å². The third-order valence-corrected chi connectivity index (χ3v) is 4.45. The molecule has 1 aromatic carbocycles. The van der Waals surface area contributed by atoms with E-state index in [1.54, 1.807) is 0 Å². The highest BCUT2D eigenvalue weighted by Crippen LogP contribution is 2.35. The Hall–Kier alpha value is -1.27. The van der Waals surface area contributed by atoms with Crippen LogP contribution in [0, 0.1) is 0 Å². The highest BCUT2D eigenvalue weighted by atomic mass is 35.7. The van der Waals surface area contributed by atoms with E-state index in [0.29, 0.717) is 0 Å². The van der Waals surface area contributed by atoms with E-state index < -0.39 is 9.05 Å². The van der Waals surface area contributed by atoms with E-state index in [9.17, 15) is 13.2 Å². The molecule has 0 spiro atoms. The van der Waals surface area contributed by atoms with E-state index in [-0.39, 0.29) is 27.7 Å². The van der Waals surface area contributed by atoms with Gasteiger partial charge in [0.05, 0.1) is 7.11 Å². The molecule has 1 aliphatic carbocycles. The molecule has 0 aromatic heterocycles. The van der Waals surface area contributed by atoms with Gasteiger partial charge in [-0.3, -0.25) is 4.79 Å². The molecule has 0 bridgehead atoms. The van der Waals surface area contributed by atoms with E-state index >= 15 is 0 Å². The van der Waals surface area contributed by atoms with Crippen LogP contribution in [0.15, 0.2) is 23.1 Å². The summed E-state index contributed by atoms with van der Waals surface area (Å²) in [5.41, 5.74) is 0.0740. The Bertz CT molecular complexity index is 623. The zero-order chi connectivity index (χ0) is 14.3. The molecule has 1 amide bonds. The highest BCUT2D eigenvalue weighted by Gasteiger charge is 2.39. The molecule has 5 nitrogen and oxygen atoms in total. The highest BCUT2D eigenvalue weighted by molar-refractivity contribution is 8.13. The van der Waals surface area contributed by atoms with Crippen molar-refractivity contribution in [3.05, 3.63) is 23.8 Å². The normalized spacial score (nSPS) is 16.8. The minimum Gasteiger partial charge on any atom is -0.495 e. The van der Waals surface area contributed by atoms with Crippen molar-refractivity contribution in [2.45, 2.75) is 30.2 Å². The third kappa shape index (κ3) is 3.19. The van der Waals surface area contributed by atoms with Gasteiger partial charge in [0.25, 0.3) is 15.0 Å². The number of halogens is 1. The van der Waals surface area contributed by atoms with Gasteiger partial charge in [-0.15, -0.1) is 0 Å². The van der Waals surface area contributed by atoms with Gasteiger partial charge in [0, 0.05) is 21.8 Å². The summed E-state index contributed by atoms with van der Waals surface area (Å²) in [7, 11) is 2.70. The number of methoxy groups -OCH3 is 1. The summed E-state index contributed by atoms with van der Waals surface area (Å²) < 4.78 is 27.8. The lowest BCUT2D eigenvalue weighted by Crippen LogP contribution is -2.34. The number of rotatable bonds is 4. The summed E-state index contributed by atoms with van der Waals surface area (Å²) in [5.74, 6) is -0.201. The van der Waals surface area contributed by atoms with Gasteiger partial charge in [-0.05, 0) is 38.0 Å². The van der Waals surface area contributed by atoms with Gasteiger partial charge in [-0.25, -0.2) is 8.42 Å². The molecule has 1 aromatic rings. The number of carbonyl (C=O) groups excluding carboxylic acids is 1. The van der Waals surface area contributed by atoms with Crippen molar-refractivity contribution in [3.8, 4) is 5.75 Å². The maximum atomic E-state index is 12.0. The topological polar surface area (TPSA) is 72.5 Å². The fraction of sp³-hybridized carbons (Fsp3) is 0.417. The van der Waals surface area contributed by atoms with Crippen LogP contribution in [0.25, 0.3) is 0 Å². The first-order valence-electron chi connectivity index (χ1n) is 5.70. The zero-order valence-corrected chi connectivity index (χ0v) is 12.1. The molecule has 0 unspecified atom stereocenters. The first kappa shape index (κ1) is 14.1. The lowest BCUT2D eigenvalue weighted by molar-refractivity contribution is 0.0935. The Morgan fingerprint density at radius 3 is 2.53 bits per heavy atom. The summed E-state index contributed by atoms with van der Waals surface area (Å²) in [4.78, 5) is 11.8. The molecule has 1 saturated carbocycles. The molecule has 2 rings (SSSR count). The van der Waals surface area contributed by atoms with E-state index in [4.69, 9.17) is 15.4 Å². The van der Waals surface area contributed by atoms with Crippen molar-refractivity contribution in [3.63, 3.8) is 0 Å². The van der Waals surface area contributed by atoms with Crippen molar-refractivity contribution in [1.29, 1.82) is 0 Å². The van der Waals surface area contributed by atoms with E-state index in [1.165, 1.54) is 25.3 Å². The Morgan fingerprint density at radius 1 is 1.42 bits per heavy atom. The second kappa shape index (κ2) is 4.68. The summed E-state index contributed by atoms with van der Waals surface area (Å²) in [6, 6.07) is 4.15. The molecular formula is C12H14ClNO4S. The molecule has 0 heterocycles. The molecule has 104 valence electrons. The Kier molecular flexibility index (Phi) is 3.49. The summed E-state index contributed by atoms with van der Waals surface area (Å²) in [6.45, 7) is 1.94. The van der Waals surface area contributed by atoms with Crippen molar-refractivity contribution >= 4 is 25.6 Å². The number of benzene rings is 1. The van der Waals surface area contributed by atoms with Crippen molar-refractivity contribution in [2.75, 3.05) is 7.11 Å². The molecule has 0 radical (unpaired) electrons. The van der Waals surface area contributed by atoms with E-state index in [0.717, 1.165) is 12.8 Å². The molecule has 7 heteroatoms. The maximum Gasteiger partial charge on any atom is 0.265 e. The van der Waals surface area contributed by atoms with Gasteiger partial charge < -0.3 is 10.1 Å². The first-order chi connectivity index (χ1) is 8.75. The monoisotopic (exact) mass is 303 g/mol. The molecule has 1 N–H and O–H groups in total. The van der Waals surface area contributed by atoms with Crippen molar-refractivity contribution in [2.24, 2.45) is 0 Å². The van der Waals surface area contributed by atoms with Crippen molar-refractivity contribution < 1.29 is 17.9 Å². The van der Waals surface area contributed by atoms with E-state index in [2.05, 4.69) is 5.32 Å². The minimum atomic E-state index is -3.96. The van der Waals surface area contributed by atoms with Crippen LogP contribution in [-0.4, -0.2) is 27.0 Å². The summed E-state index contributed by atoms with van der Waals surface area (Å²) in [5, 5.41) is 2.85. The number of hydrogen-bond acceptors (Lipinski definition) is 4. The standard InChI is InChI=1S/C12H14ClNO4S/c1-12(5-6-12)14-11(15)8-3-4-9(18-2)10(7-8)19(13,16)17/h3-4,7H,5-6H2,1-2H3,(H,14,15). The average Bonchev–Trinajstić information content (AvgIpc) is 3.04. The fourth-order valence-electron chi connectivity index (χ4n) is 1.67. The van der Waals surface area contributed by atoms with Crippen molar-refractivity contribution in [1.82, 2.24) is 5.32 Å². The second-order valence-corrected chi connectivity index (χ2v) is 7.35. The Morgan fingerprint density at radius 2 is 2.05 bits per heavy atom. The molecular weight excluding hydrogens is 290 g/mol. The fourth-order valence-corrected chi connectivity index (χ4v) is 2.69. The number of hydrogen-bond donors (Lipinski definition) is 1. The predicted octanol–water partition coefficient (Wildman–Crippen LogP) is 1.91. The summed E-state index contributed by atoms with van der Waals surface area (Å²) >= 11 is 0. The SMILES string of the molecule is COc1ccc(C(=O)NC2(C)CC2)cc1S(=O)(=O)Cl. The molecule has 0 saturated heterocycles. The lowest BCUT2D eigenvalue weighted by Gasteiger charge is -2.12. The van der Waals surface area contributed by atoms with Gasteiger partial charge >= 0.3 is 0 Å². The van der Waals surface area contributed by atoms with Gasteiger partial charge in [-0.1, -0.05) is 0 Å². The first-order valence-corrected chi connectivity index (χ1v) is 8.01. The molecule has 1 aliphatic rings. The Balaban J connectivity index is 2.35. The molecule has 0 atom stereocenters. The number of ether oxygens (including phenoxy) is 1. The quantitative estimate of drug-likeness (QED) is 0.862. The van der Waals surface area contributed by atoms with Gasteiger partial charge in [0.15, 0.2) is 0 Å². The zero-order valence-electron chi connectivity index (χ0n) is 10.6. The van der Waals surface area contributed by atoms with Crippen LogP contribution in [0.5, 0.6) is 5.75 Å². The second-order valence-electron chi connectivity index (χ2n) is 4.82. The smallest absolute Gasteiger partial charge is 0.265 e. The minimum absolute atomic E-state index is 0.115. The molecule has 1 fully saturated rings. The van der Waals surface area contributed by atoms with Crippen LogP contribution in [0.3, 0.4) is 0 Å². The Labute approximate surface area is 116 Å². The maximum absolute atomic E-state index is 12.0. The average molecular weight is 304 g/mol.